The maximum atomic E-state index is 7.91. The number of rotatable bonds is 3. The number of nitrogens with zero attached hydrogens (tertiary/aromatic N) is 1. The van der Waals surface area contributed by atoms with E-state index in [0.29, 0.717) is 0 Å². The Morgan fingerprint density at radius 3 is 1.90 bits per heavy atom. The van der Waals surface area contributed by atoms with Gasteiger partial charge in [0.25, 0.3) is 0 Å². The van der Waals surface area contributed by atoms with E-state index in [-0.39, 0.29) is 18.0 Å². The highest BCUT2D eigenvalue weighted by Gasteiger charge is 2.15. The van der Waals surface area contributed by atoms with E-state index in [1.54, 1.807) is 0 Å². The van der Waals surface area contributed by atoms with Crippen molar-refractivity contribution in [1.29, 1.82) is 5.41 Å². The summed E-state index contributed by atoms with van der Waals surface area (Å²) in [5.74, 6) is -0.0105. The van der Waals surface area contributed by atoms with Crippen molar-refractivity contribution in [2.24, 2.45) is 10.2 Å². The third kappa shape index (κ3) is 4.22. The van der Waals surface area contributed by atoms with Crippen LogP contribution >= 0.6 is 11.8 Å². The van der Waals surface area contributed by atoms with Gasteiger partial charge in [-0.1, -0.05) is 60.7 Å². The molecule has 0 saturated carbocycles. The van der Waals surface area contributed by atoms with E-state index in [4.69, 9.17) is 22.9 Å². The molecule has 5 N–H and O–H groups in total. The molecule has 2 aromatic rings. The maximum absolute atomic E-state index is 7.91. The molecule has 6 heteroatoms. The van der Waals surface area contributed by atoms with Gasteiger partial charge in [-0.25, -0.2) is 0 Å². The van der Waals surface area contributed by atoms with Crippen LogP contribution in [0.5, 0.6) is 0 Å². The lowest BCUT2D eigenvalue weighted by Crippen LogP contribution is -2.45. The van der Waals surface area contributed by atoms with Crippen LogP contribution in [-0.4, -0.2) is 11.9 Å². The Labute approximate surface area is 128 Å². The standard InChI is InChI=1S/C15H16ClN5/c16-21-15(18)20-14(17)19-13(11-7-3-1-4-8-11)12-9-5-2-6-10-12/h1-10,13H,(H5,17,18,19,20,21). The second kappa shape index (κ2) is 7.31. The molecule has 0 atom stereocenters. The van der Waals surface area contributed by atoms with E-state index >= 15 is 0 Å². The molecule has 5 nitrogen and oxygen atoms in total. The maximum Gasteiger partial charge on any atom is 0.213 e. The van der Waals surface area contributed by atoms with E-state index in [0.717, 1.165) is 11.1 Å². The first-order valence-corrected chi connectivity index (χ1v) is 6.71. The molecule has 0 amide bonds. The fourth-order valence-corrected chi connectivity index (χ4v) is 2.02. The van der Waals surface area contributed by atoms with Crippen LogP contribution in [0.3, 0.4) is 0 Å². The Balaban J connectivity index is 2.23. The molecule has 0 aliphatic rings. The summed E-state index contributed by atoms with van der Waals surface area (Å²) in [7, 11) is 0. The number of halogens is 1. The molecule has 0 aromatic heterocycles. The SMILES string of the molecule is N=C(NC(N)=NCl)NC(c1ccccc1)c1ccccc1. The van der Waals surface area contributed by atoms with Crippen molar-refractivity contribution in [3.05, 3.63) is 71.8 Å². The van der Waals surface area contributed by atoms with Crippen molar-refractivity contribution >= 4 is 23.7 Å². The molecule has 0 aliphatic carbocycles. The van der Waals surface area contributed by atoms with Gasteiger partial charge in [0, 0.05) is 11.8 Å². The molecule has 0 unspecified atom stereocenters. The highest BCUT2D eigenvalue weighted by atomic mass is 35.5. The molecule has 0 spiro atoms. The van der Waals surface area contributed by atoms with Crippen molar-refractivity contribution in [3.8, 4) is 0 Å². The fourth-order valence-electron chi connectivity index (χ4n) is 1.98. The molecule has 0 aliphatic heterocycles. The highest BCUT2D eigenvalue weighted by molar-refractivity contribution is 6.20. The molecule has 0 fully saturated rings. The molecule has 2 aromatic carbocycles. The van der Waals surface area contributed by atoms with Crippen LogP contribution < -0.4 is 16.4 Å². The predicted molar refractivity (Wildman–Crippen MR) is 86.2 cm³/mol. The molecule has 0 radical (unpaired) electrons. The first kappa shape index (κ1) is 14.9. The quantitative estimate of drug-likeness (QED) is 0.518. The van der Waals surface area contributed by atoms with Gasteiger partial charge in [0.1, 0.15) is 0 Å². The Hall–Kier alpha value is -2.53. The van der Waals surface area contributed by atoms with Gasteiger partial charge in [-0.05, 0) is 11.1 Å². The molecular weight excluding hydrogens is 286 g/mol. The van der Waals surface area contributed by atoms with Gasteiger partial charge in [0.05, 0.1) is 6.04 Å². The Bertz CT molecular complexity index is 573. The van der Waals surface area contributed by atoms with Crippen LogP contribution in [0, 0.1) is 5.41 Å². The van der Waals surface area contributed by atoms with Crippen LogP contribution in [-0.2, 0) is 0 Å². The number of benzene rings is 2. The second-order valence-electron chi connectivity index (χ2n) is 4.37. The van der Waals surface area contributed by atoms with Gasteiger partial charge in [-0.15, -0.1) is 4.51 Å². The number of nitrogens with one attached hydrogen (secondary N) is 3. The van der Waals surface area contributed by atoms with Gasteiger partial charge in [-0.2, -0.15) is 0 Å². The largest absolute Gasteiger partial charge is 0.369 e. The summed E-state index contributed by atoms with van der Waals surface area (Å²) in [5, 5.41) is 13.5. The molecule has 21 heavy (non-hydrogen) atoms. The first-order chi connectivity index (χ1) is 10.2. The zero-order valence-electron chi connectivity index (χ0n) is 11.3. The van der Waals surface area contributed by atoms with Crippen molar-refractivity contribution in [3.63, 3.8) is 0 Å². The zero-order chi connectivity index (χ0) is 15.1. The summed E-state index contributed by atoms with van der Waals surface area (Å²) in [6.07, 6.45) is 0. The lowest BCUT2D eigenvalue weighted by molar-refractivity contribution is 0.744. The predicted octanol–water partition coefficient (Wildman–Crippen LogP) is 2.36. The second-order valence-corrected chi connectivity index (χ2v) is 4.54. The fraction of sp³-hybridized carbons (Fsp3) is 0.0667. The third-order valence-electron chi connectivity index (χ3n) is 2.90. The summed E-state index contributed by atoms with van der Waals surface area (Å²) in [6, 6.07) is 19.5. The lowest BCUT2D eigenvalue weighted by atomic mass is 9.99. The minimum Gasteiger partial charge on any atom is -0.369 e. The van der Waals surface area contributed by atoms with Crippen LogP contribution in [0.15, 0.2) is 65.2 Å². The Morgan fingerprint density at radius 1 is 1.00 bits per heavy atom. The highest BCUT2D eigenvalue weighted by Crippen LogP contribution is 2.21. The van der Waals surface area contributed by atoms with Crippen molar-refractivity contribution < 1.29 is 0 Å². The number of hydrogen-bond acceptors (Lipinski definition) is 2. The van der Waals surface area contributed by atoms with Gasteiger partial charge in [0.2, 0.25) is 5.96 Å². The van der Waals surface area contributed by atoms with Crippen molar-refractivity contribution in [2.45, 2.75) is 6.04 Å². The molecule has 0 bridgehead atoms. The Morgan fingerprint density at radius 2 is 1.48 bits per heavy atom. The van der Waals surface area contributed by atoms with Crippen LogP contribution in [0.4, 0.5) is 0 Å². The van der Waals surface area contributed by atoms with Crippen LogP contribution in [0.1, 0.15) is 17.2 Å². The number of hydrogen-bond donors (Lipinski definition) is 4. The third-order valence-corrected chi connectivity index (χ3v) is 3.08. The van der Waals surface area contributed by atoms with E-state index in [9.17, 15) is 0 Å². The average molecular weight is 302 g/mol. The molecule has 0 saturated heterocycles. The van der Waals surface area contributed by atoms with Crippen LogP contribution in [0.25, 0.3) is 0 Å². The number of guanidine groups is 2. The lowest BCUT2D eigenvalue weighted by Gasteiger charge is -2.21. The van der Waals surface area contributed by atoms with Gasteiger partial charge in [0.15, 0.2) is 5.96 Å². The smallest absolute Gasteiger partial charge is 0.213 e. The summed E-state index contributed by atoms with van der Waals surface area (Å²) in [6.45, 7) is 0. The molecule has 108 valence electrons. The van der Waals surface area contributed by atoms with Crippen LogP contribution in [0.2, 0.25) is 0 Å². The van der Waals surface area contributed by atoms with E-state index in [1.807, 2.05) is 60.7 Å². The minimum absolute atomic E-state index is 0.0228. The monoisotopic (exact) mass is 301 g/mol. The van der Waals surface area contributed by atoms with E-state index in [1.165, 1.54) is 0 Å². The Kier molecular flexibility index (Phi) is 5.17. The summed E-state index contributed by atoms with van der Waals surface area (Å²) in [4.78, 5) is 0. The van der Waals surface area contributed by atoms with E-state index in [2.05, 4.69) is 15.1 Å². The topological polar surface area (TPSA) is 86.3 Å². The summed E-state index contributed by atoms with van der Waals surface area (Å²) in [5.41, 5.74) is 7.53. The minimum atomic E-state index is -0.171. The van der Waals surface area contributed by atoms with E-state index < -0.39 is 0 Å². The van der Waals surface area contributed by atoms with Gasteiger partial charge >= 0.3 is 0 Å². The van der Waals surface area contributed by atoms with Gasteiger partial charge < -0.3 is 11.1 Å². The number of nitrogens with two attached hydrogens (primary N) is 1. The first-order valence-electron chi connectivity index (χ1n) is 6.37. The molecule has 2 rings (SSSR count). The molecular formula is C15H16ClN5. The van der Waals surface area contributed by atoms with Crippen molar-refractivity contribution in [2.75, 3.05) is 0 Å². The zero-order valence-corrected chi connectivity index (χ0v) is 12.0. The van der Waals surface area contributed by atoms with Gasteiger partial charge in [-0.3, -0.25) is 10.7 Å². The summed E-state index contributed by atoms with van der Waals surface area (Å²) < 4.78 is 3.26. The van der Waals surface area contributed by atoms with Crippen molar-refractivity contribution in [1.82, 2.24) is 10.6 Å². The molecule has 0 heterocycles. The summed E-state index contributed by atoms with van der Waals surface area (Å²) >= 11 is 5.24. The normalized spacial score (nSPS) is 11.2. The average Bonchev–Trinajstić information content (AvgIpc) is 2.54.